The van der Waals surface area contributed by atoms with Gasteiger partial charge in [-0.3, -0.25) is 0 Å². The summed E-state index contributed by atoms with van der Waals surface area (Å²) in [5.74, 6) is 1.88. The molecule has 3 nitrogen and oxygen atoms in total. The Morgan fingerprint density at radius 3 is 1.65 bits per heavy atom. The average Bonchev–Trinajstić information content (AvgIpc) is 3.70. The molecule has 0 saturated heterocycles. The maximum Gasteiger partial charge on any atom is 0.164 e. The highest BCUT2D eigenvalue weighted by atomic mass is 32.1. The Morgan fingerprint density at radius 1 is 0.433 bits per heavy atom. The van der Waals surface area contributed by atoms with Crippen LogP contribution < -0.4 is 0 Å². The van der Waals surface area contributed by atoms with Gasteiger partial charge in [-0.05, 0) is 115 Å². The average molecular weight is 784 g/mol. The van der Waals surface area contributed by atoms with Gasteiger partial charge in [0.1, 0.15) is 0 Å². The van der Waals surface area contributed by atoms with Crippen molar-refractivity contribution in [2.24, 2.45) is 0 Å². The molecule has 0 spiro atoms. The van der Waals surface area contributed by atoms with E-state index in [1.807, 2.05) is 41.7 Å². The Kier molecular flexibility index (Phi) is 8.54. The summed E-state index contributed by atoms with van der Waals surface area (Å²) >= 11 is 1.84. The summed E-state index contributed by atoms with van der Waals surface area (Å²) in [4.78, 5) is 15.2. The van der Waals surface area contributed by atoms with E-state index in [9.17, 15) is 0 Å². The Balaban J connectivity index is 1.04. The zero-order valence-electron chi connectivity index (χ0n) is 33.0. The molecule has 0 radical (unpaired) electrons. The van der Waals surface area contributed by atoms with Gasteiger partial charge in [0, 0.05) is 36.9 Å². The Labute approximate surface area is 352 Å². The van der Waals surface area contributed by atoms with Gasteiger partial charge in [-0.2, -0.15) is 0 Å². The molecule has 0 atom stereocenters. The highest BCUT2D eigenvalue weighted by Gasteiger charge is 2.17. The van der Waals surface area contributed by atoms with Crippen LogP contribution in [0.2, 0.25) is 0 Å². The van der Waals surface area contributed by atoms with Crippen molar-refractivity contribution >= 4 is 69.4 Å². The van der Waals surface area contributed by atoms with E-state index in [2.05, 4.69) is 166 Å². The van der Waals surface area contributed by atoms with Crippen LogP contribution in [-0.2, 0) is 0 Å². The summed E-state index contributed by atoms with van der Waals surface area (Å²) in [7, 11) is 0. The quantitative estimate of drug-likeness (QED) is 0.119. The van der Waals surface area contributed by atoms with Gasteiger partial charge in [0.2, 0.25) is 0 Å². The molecule has 4 heteroatoms. The van der Waals surface area contributed by atoms with Crippen LogP contribution in [0.5, 0.6) is 0 Å². The molecule has 0 aliphatic rings. The number of allylic oxidation sites excluding steroid dienone is 2. The highest BCUT2D eigenvalue weighted by molar-refractivity contribution is 7.26. The van der Waals surface area contributed by atoms with Crippen molar-refractivity contribution in [3.8, 4) is 56.4 Å². The highest BCUT2D eigenvalue weighted by Crippen LogP contribution is 2.43. The topological polar surface area (TPSA) is 38.7 Å². The van der Waals surface area contributed by atoms with Crippen molar-refractivity contribution in [3.63, 3.8) is 0 Å². The van der Waals surface area contributed by atoms with E-state index in [4.69, 9.17) is 15.0 Å². The van der Waals surface area contributed by atoms with Crippen molar-refractivity contribution in [2.45, 2.75) is 6.92 Å². The summed E-state index contributed by atoms with van der Waals surface area (Å²) in [6, 6.07) is 63.1. The van der Waals surface area contributed by atoms with Gasteiger partial charge in [0.05, 0.1) is 0 Å². The molecule has 0 bridgehead atoms. The first-order valence-corrected chi connectivity index (χ1v) is 21.0. The molecule has 0 saturated carbocycles. The molecular weight excluding hydrogens is 747 g/mol. The van der Waals surface area contributed by atoms with Crippen LogP contribution in [0.15, 0.2) is 195 Å². The van der Waals surface area contributed by atoms with Crippen LogP contribution in [0.1, 0.15) is 11.1 Å². The van der Waals surface area contributed by atoms with Crippen molar-refractivity contribution in [1.82, 2.24) is 15.0 Å². The molecule has 282 valence electrons. The van der Waals surface area contributed by atoms with Gasteiger partial charge in [-0.25, -0.2) is 15.0 Å². The molecule has 11 rings (SSSR count). The van der Waals surface area contributed by atoms with Gasteiger partial charge in [0.15, 0.2) is 17.5 Å². The normalized spacial score (nSPS) is 11.6. The lowest BCUT2D eigenvalue weighted by Gasteiger charge is -2.12. The van der Waals surface area contributed by atoms with Crippen LogP contribution in [0, 0.1) is 6.92 Å². The minimum absolute atomic E-state index is 0.622. The Bertz CT molecular complexity index is 3510. The smallest absolute Gasteiger partial charge is 0.164 e. The van der Waals surface area contributed by atoms with Gasteiger partial charge in [-0.15, -0.1) is 11.3 Å². The Morgan fingerprint density at radius 2 is 0.967 bits per heavy atom. The number of aryl methyl sites for hydroxylation is 1. The number of rotatable bonds is 7. The SMILES string of the molecule is C=CC(=C)c1ccc(-c2nc(-c3ccccc3)nc(-c3cccc(-c4cccc5sc6ccc(-c7ccc8c9ccccc9c9ccccc9c8c7)cc6c45)c3)n2)cc1C. The van der Waals surface area contributed by atoms with Crippen LogP contribution in [0.4, 0.5) is 0 Å². The minimum atomic E-state index is 0.622. The predicted octanol–water partition coefficient (Wildman–Crippen LogP) is 15.5. The summed E-state index contributed by atoms with van der Waals surface area (Å²) in [6.07, 6.45) is 1.79. The first-order valence-electron chi connectivity index (χ1n) is 20.1. The molecule has 0 amide bonds. The summed E-state index contributed by atoms with van der Waals surface area (Å²) in [5.41, 5.74) is 10.5. The van der Waals surface area contributed by atoms with E-state index in [1.165, 1.54) is 69.2 Å². The van der Waals surface area contributed by atoms with E-state index in [1.54, 1.807) is 6.08 Å². The monoisotopic (exact) mass is 783 g/mol. The van der Waals surface area contributed by atoms with Crippen LogP contribution in [-0.4, -0.2) is 15.0 Å². The molecule has 0 fully saturated rings. The molecule has 0 aliphatic carbocycles. The first-order chi connectivity index (χ1) is 29.5. The molecule has 11 aromatic rings. The van der Waals surface area contributed by atoms with E-state index in [-0.39, 0.29) is 0 Å². The molecular formula is C56H37N3S. The third-order valence-corrected chi connectivity index (χ3v) is 12.9. The second-order valence-corrected chi connectivity index (χ2v) is 16.4. The summed E-state index contributed by atoms with van der Waals surface area (Å²) in [5, 5.41) is 10.2. The fraction of sp³-hybridized carbons (Fsp3) is 0.0179. The molecule has 2 aromatic heterocycles. The van der Waals surface area contributed by atoms with Crippen molar-refractivity contribution in [2.75, 3.05) is 0 Å². The minimum Gasteiger partial charge on any atom is -0.208 e. The van der Waals surface area contributed by atoms with E-state index in [0.717, 1.165) is 39.0 Å². The summed E-state index contributed by atoms with van der Waals surface area (Å²) in [6.45, 7) is 10.2. The second-order valence-electron chi connectivity index (χ2n) is 15.4. The lowest BCUT2D eigenvalue weighted by atomic mass is 9.91. The molecule has 60 heavy (non-hydrogen) atoms. The van der Waals surface area contributed by atoms with Crippen molar-refractivity contribution in [3.05, 3.63) is 206 Å². The van der Waals surface area contributed by atoms with Crippen molar-refractivity contribution < 1.29 is 0 Å². The standard InChI is InChI=1S/C56H37N3S/c1-4-34(2)42-27-25-41(30-35(42)3)56-58-54(36-14-6-5-7-15-36)57-55(59-56)40-17-12-16-39(31-40)43-22-13-23-52-53(43)50-33-38(26-29-51(50)60-52)37-24-28-48-46-20-9-8-18-44(46)45-19-10-11-21-47(45)49(48)32-37/h4-33H,1-2H2,3H3. The van der Waals surface area contributed by atoms with E-state index >= 15 is 0 Å². The molecule has 0 aliphatic heterocycles. The van der Waals surface area contributed by atoms with E-state index < -0.39 is 0 Å². The number of benzene rings is 9. The third-order valence-electron chi connectivity index (χ3n) is 11.7. The Hall–Kier alpha value is -7.53. The van der Waals surface area contributed by atoms with Crippen molar-refractivity contribution in [1.29, 1.82) is 0 Å². The molecule has 0 N–H and O–H groups in total. The zero-order valence-corrected chi connectivity index (χ0v) is 33.8. The largest absolute Gasteiger partial charge is 0.208 e. The number of hydrogen-bond acceptors (Lipinski definition) is 4. The second kappa shape index (κ2) is 14.4. The number of fused-ring (bicyclic) bond motifs is 9. The van der Waals surface area contributed by atoms with E-state index in [0.29, 0.717) is 17.5 Å². The number of nitrogens with zero attached hydrogens (tertiary/aromatic N) is 3. The number of thiophene rings is 1. The number of aromatic nitrogens is 3. The molecule has 9 aromatic carbocycles. The maximum absolute atomic E-state index is 5.11. The van der Waals surface area contributed by atoms with Gasteiger partial charge < -0.3 is 0 Å². The van der Waals surface area contributed by atoms with Crippen LogP contribution >= 0.6 is 11.3 Å². The number of hydrogen-bond donors (Lipinski definition) is 0. The summed E-state index contributed by atoms with van der Waals surface area (Å²) < 4.78 is 2.52. The predicted molar refractivity (Wildman–Crippen MR) is 256 cm³/mol. The first kappa shape index (κ1) is 35.6. The maximum atomic E-state index is 5.11. The lowest BCUT2D eigenvalue weighted by molar-refractivity contribution is 1.07. The third kappa shape index (κ3) is 6.00. The zero-order chi connectivity index (χ0) is 40.3. The van der Waals surface area contributed by atoms with Gasteiger partial charge >= 0.3 is 0 Å². The molecule has 2 heterocycles. The van der Waals surface area contributed by atoms with Gasteiger partial charge in [0.25, 0.3) is 0 Å². The van der Waals surface area contributed by atoms with Crippen LogP contribution in [0.25, 0.3) is 114 Å². The molecule has 0 unspecified atom stereocenters. The fourth-order valence-corrected chi connectivity index (χ4v) is 9.90. The lowest BCUT2D eigenvalue weighted by Crippen LogP contribution is -2.01. The van der Waals surface area contributed by atoms with Gasteiger partial charge in [-0.1, -0.05) is 159 Å². The fourth-order valence-electron chi connectivity index (χ4n) is 8.78. The van der Waals surface area contributed by atoms with Crippen LogP contribution in [0.3, 0.4) is 0 Å².